The van der Waals surface area contributed by atoms with Gasteiger partial charge in [-0.05, 0) is 50.6 Å². The van der Waals surface area contributed by atoms with E-state index in [-0.39, 0.29) is 0 Å². The molecule has 0 aliphatic carbocycles. The number of hydrogen-bond acceptors (Lipinski definition) is 2. The third kappa shape index (κ3) is 3.76. The van der Waals surface area contributed by atoms with Gasteiger partial charge in [-0.25, -0.2) is 0 Å². The number of piperidine rings is 1. The van der Waals surface area contributed by atoms with Crippen LogP contribution < -0.4 is 5.32 Å². The maximum absolute atomic E-state index is 5.47. The molecule has 1 aliphatic heterocycles. The van der Waals surface area contributed by atoms with Crippen LogP contribution in [0.5, 0.6) is 0 Å². The molecule has 90 valence electrons. The van der Waals surface area contributed by atoms with Gasteiger partial charge in [-0.3, -0.25) is 0 Å². The molecule has 0 amide bonds. The summed E-state index contributed by atoms with van der Waals surface area (Å²) in [5, 5.41) is 3.44. The lowest BCUT2D eigenvalue weighted by Gasteiger charge is -2.38. The van der Waals surface area contributed by atoms with Crippen LogP contribution in [0.3, 0.4) is 0 Å². The zero-order valence-corrected chi connectivity index (χ0v) is 10.8. The number of nitrogens with one attached hydrogen (secondary N) is 1. The van der Waals surface area contributed by atoms with Gasteiger partial charge >= 0.3 is 0 Å². The highest BCUT2D eigenvalue weighted by Crippen LogP contribution is 2.37. The van der Waals surface area contributed by atoms with E-state index in [0.29, 0.717) is 11.5 Å². The lowest BCUT2D eigenvalue weighted by Crippen LogP contribution is -2.37. The smallest absolute Gasteiger partial charge is 0.0571 e. The fourth-order valence-corrected chi connectivity index (χ4v) is 2.70. The molecule has 0 bridgehead atoms. The molecule has 2 nitrogen and oxygen atoms in total. The average molecular weight is 213 g/mol. The summed E-state index contributed by atoms with van der Waals surface area (Å²) in [7, 11) is 1.83. The maximum Gasteiger partial charge on any atom is 0.0571 e. The van der Waals surface area contributed by atoms with E-state index in [0.717, 1.165) is 5.92 Å². The number of rotatable bonds is 5. The summed E-state index contributed by atoms with van der Waals surface area (Å²) in [6.07, 6.45) is 5.60. The van der Waals surface area contributed by atoms with Gasteiger partial charge in [0, 0.05) is 7.11 Å². The van der Waals surface area contributed by atoms with Crippen LogP contribution in [0.4, 0.5) is 0 Å². The minimum Gasteiger partial charge on any atom is -0.381 e. The van der Waals surface area contributed by atoms with E-state index < -0.39 is 0 Å². The Labute approximate surface area is 94.8 Å². The molecular weight excluding hydrogens is 186 g/mol. The Kier molecular flexibility index (Phi) is 5.07. The largest absolute Gasteiger partial charge is 0.381 e. The van der Waals surface area contributed by atoms with Crippen molar-refractivity contribution in [2.24, 2.45) is 11.3 Å². The van der Waals surface area contributed by atoms with Crippen molar-refractivity contribution in [3.8, 4) is 0 Å². The Bertz CT molecular complexity index is 175. The van der Waals surface area contributed by atoms with Crippen molar-refractivity contribution in [1.29, 1.82) is 0 Å². The van der Waals surface area contributed by atoms with E-state index in [1.807, 2.05) is 7.11 Å². The minimum atomic E-state index is 0.404. The van der Waals surface area contributed by atoms with E-state index in [2.05, 4.69) is 26.1 Å². The van der Waals surface area contributed by atoms with Gasteiger partial charge in [-0.15, -0.1) is 0 Å². The summed E-state index contributed by atoms with van der Waals surface area (Å²) < 4.78 is 5.47. The van der Waals surface area contributed by atoms with E-state index in [1.54, 1.807) is 0 Å². The Balaban J connectivity index is 2.48. The number of hydrogen-bond donors (Lipinski definition) is 1. The summed E-state index contributed by atoms with van der Waals surface area (Å²) in [6, 6.07) is 0. The van der Waals surface area contributed by atoms with Crippen molar-refractivity contribution in [1.82, 2.24) is 5.32 Å². The van der Waals surface area contributed by atoms with Crippen LogP contribution in [0.1, 0.15) is 46.5 Å². The molecule has 0 spiro atoms. The molecule has 0 aromatic carbocycles. The van der Waals surface area contributed by atoms with Crippen molar-refractivity contribution < 1.29 is 4.74 Å². The van der Waals surface area contributed by atoms with Crippen molar-refractivity contribution in [3.05, 3.63) is 0 Å². The molecule has 1 rings (SSSR count). The second-order valence-electron chi connectivity index (χ2n) is 5.37. The van der Waals surface area contributed by atoms with Crippen molar-refractivity contribution in [2.75, 3.05) is 20.2 Å². The fourth-order valence-electron chi connectivity index (χ4n) is 2.70. The highest BCUT2D eigenvalue weighted by atomic mass is 16.5. The Morgan fingerprint density at radius 3 is 2.40 bits per heavy atom. The first-order valence-corrected chi connectivity index (χ1v) is 6.35. The fraction of sp³-hybridized carbons (Fsp3) is 1.00. The second kappa shape index (κ2) is 5.86. The third-order valence-electron chi connectivity index (χ3n) is 4.13. The highest BCUT2D eigenvalue weighted by Gasteiger charge is 2.31. The van der Waals surface area contributed by atoms with Crippen LogP contribution in [0.25, 0.3) is 0 Å². The molecule has 2 unspecified atom stereocenters. The normalized spacial score (nSPS) is 24.8. The topological polar surface area (TPSA) is 21.3 Å². The summed E-state index contributed by atoms with van der Waals surface area (Å²) in [5.74, 6) is 0.720. The lowest BCUT2D eigenvalue weighted by atomic mass is 9.72. The summed E-state index contributed by atoms with van der Waals surface area (Å²) in [4.78, 5) is 0. The van der Waals surface area contributed by atoms with Gasteiger partial charge in [0.1, 0.15) is 0 Å². The van der Waals surface area contributed by atoms with Gasteiger partial charge in [0.2, 0.25) is 0 Å². The second-order valence-corrected chi connectivity index (χ2v) is 5.37. The molecule has 0 saturated carbocycles. The minimum absolute atomic E-state index is 0.404. The first kappa shape index (κ1) is 13.0. The first-order valence-electron chi connectivity index (χ1n) is 6.35. The van der Waals surface area contributed by atoms with Gasteiger partial charge in [-0.1, -0.05) is 20.3 Å². The summed E-state index contributed by atoms with van der Waals surface area (Å²) >= 11 is 0. The molecule has 2 atom stereocenters. The zero-order chi connectivity index (χ0) is 11.3. The predicted octanol–water partition coefficient (Wildman–Crippen LogP) is 2.83. The average Bonchev–Trinajstić information content (AvgIpc) is 2.26. The van der Waals surface area contributed by atoms with Crippen LogP contribution in [0.2, 0.25) is 0 Å². The standard InChI is InChI=1S/C13H27NO/c1-5-12(11(2)15-4)10-13(3)6-8-14-9-7-13/h11-12,14H,5-10H2,1-4H3. The van der Waals surface area contributed by atoms with Crippen LogP contribution in [-0.4, -0.2) is 26.3 Å². The van der Waals surface area contributed by atoms with Crippen molar-refractivity contribution in [3.63, 3.8) is 0 Å². The lowest BCUT2D eigenvalue weighted by molar-refractivity contribution is 0.0348. The van der Waals surface area contributed by atoms with Gasteiger partial charge in [0.05, 0.1) is 6.10 Å². The Hall–Kier alpha value is -0.0800. The molecule has 1 N–H and O–H groups in total. The molecule has 1 saturated heterocycles. The van der Waals surface area contributed by atoms with E-state index in [4.69, 9.17) is 4.74 Å². The molecule has 2 heteroatoms. The number of ether oxygens (including phenoxy) is 1. The molecule has 15 heavy (non-hydrogen) atoms. The predicted molar refractivity (Wildman–Crippen MR) is 65.1 cm³/mol. The molecule has 1 aliphatic rings. The molecule has 0 aromatic rings. The van der Waals surface area contributed by atoms with E-state index >= 15 is 0 Å². The molecule has 0 aromatic heterocycles. The third-order valence-corrected chi connectivity index (χ3v) is 4.13. The Morgan fingerprint density at radius 1 is 1.33 bits per heavy atom. The number of methoxy groups -OCH3 is 1. The highest BCUT2D eigenvalue weighted by molar-refractivity contribution is 4.84. The molecular formula is C13H27NO. The monoisotopic (exact) mass is 213 g/mol. The van der Waals surface area contributed by atoms with Gasteiger partial charge in [-0.2, -0.15) is 0 Å². The SMILES string of the molecule is CCC(CC1(C)CCNCC1)C(C)OC. The van der Waals surface area contributed by atoms with E-state index in [9.17, 15) is 0 Å². The zero-order valence-electron chi connectivity index (χ0n) is 10.8. The molecule has 1 heterocycles. The van der Waals surface area contributed by atoms with Gasteiger partial charge in [0.15, 0.2) is 0 Å². The molecule has 0 radical (unpaired) electrons. The van der Waals surface area contributed by atoms with Crippen LogP contribution in [-0.2, 0) is 4.74 Å². The van der Waals surface area contributed by atoms with E-state index in [1.165, 1.54) is 38.8 Å². The first-order chi connectivity index (χ1) is 7.11. The van der Waals surface area contributed by atoms with Gasteiger partial charge < -0.3 is 10.1 Å². The summed E-state index contributed by atoms with van der Waals surface area (Å²) in [5.41, 5.74) is 0.540. The maximum atomic E-state index is 5.47. The van der Waals surface area contributed by atoms with Crippen LogP contribution in [0.15, 0.2) is 0 Å². The van der Waals surface area contributed by atoms with Crippen molar-refractivity contribution >= 4 is 0 Å². The summed E-state index contributed by atoms with van der Waals surface area (Å²) in [6.45, 7) is 9.31. The van der Waals surface area contributed by atoms with Crippen LogP contribution in [0, 0.1) is 11.3 Å². The van der Waals surface area contributed by atoms with Crippen LogP contribution >= 0.6 is 0 Å². The molecule has 1 fully saturated rings. The Morgan fingerprint density at radius 2 is 1.93 bits per heavy atom. The van der Waals surface area contributed by atoms with Crippen molar-refractivity contribution in [2.45, 2.75) is 52.6 Å². The quantitative estimate of drug-likeness (QED) is 0.758. The van der Waals surface area contributed by atoms with Gasteiger partial charge in [0.25, 0.3) is 0 Å².